The molecule has 0 radical (unpaired) electrons. The van der Waals surface area contributed by atoms with Gasteiger partial charge in [0.2, 0.25) is 0 Å². The van der Waals surface area contributed by atoms with Crippen molar-refractivity contribution in [1.82, 2.24) is 0 Å². The van der Waals surface area contributed by atoms with Crippen molar-refractivity contribution >= 4 is 28.2 Å². The zero-order valence-corrected chi connectivity index (χ0v) is 16.4. The Hall–Kier alpha value is -3.68. The highest BCUT2D eigenvalue weighted by molar-refractivity contribution is 6.10. The highest BCUT2D eigenvalue weighted by atomic mass is 16.5. The molecule has 1 aromatic carbocycles. The summed E-state index contributed by atoms with van der Waals surface area (Å²) in [5.41, 5.74) is -0.679. The summed E-state index contributed by atoms with van der Waals surface area (Å²) in [5, 5.41) is 0.0324. The SMILES string of the molecule is COc1ccc(N=C(C)CC(=O)c2cc3c(=O)oc(C)cc3oc2=O)c(OC)c1. The summed E-state index contributed by atoms with van der Waals surface area (Å²) in [5.74, 6) is 0.877. The molecule has 0 aliphatic rings. The Morgan fingerprint density at radius 1 is 1.03 bits per heavy atom. The topological polar surface area (TPSA) is 108 Å². The van der Waals surface area contributed by atoms with Gasteiger partial charge in [-0.1, -0.05) is 0 Å². The number of aliphatic imine (C=N–C) groups is 1. The Kier molecular flexibility index (Phi) is 5.63. The van der Waals surface area contributed by atoms with Gasteiger partial charge < -0.3 is 18.3 Å². The number of ether oxygens (including phenoxy) is 2. The molecule has 2 aromatic heterocycles. The van der Waals surface area contributed by atoms with E-state index in [1.807, 2.05) is 0 Å². The van der Waals surface area contributed by atoms with Crippen LogP contribution in [0, 0.1) is 6.92 Å². The fraction of sp³-hybridized carbons (Fsp3) is 0.238. The predicted molar refractivity (Wildman–Crippen MR) is 107 cm³/mol. The molecule has 29 heavy (non-hydrogen) atoms. The second-order valence-corrected chi connectivity index (χ2v) is 6.35. The molecule has 8 nitrogen and oxygen atoms in total. The number of rotatable bonds is 6. The molecule has 0 saturated heterocycles. The molecule has 0 aliphatic heterocycles. The van der Waals surface area contributed by atoms with E-state index in [0.717, 1.165) is 0 Å². The maximum Gasteiger partial charge on any atom is 0.347 e. The van der Waals surface area contributed by atoms with Crippen LogP contribution in [0.1, 0.15) is 29.5 Å². The molecule has 0 bridgehead atoms. The van der Waals surface area contributed by atoms with E-state index in [0.29, 0.717) is 28.7 Å². The van der Waals surface area contributed by atoms with Gasteiger partial charge in [0.15, 0.2) is 5.78 Å². The molecule has 3 rings (SSSR count). The summed E-state index contributed by atoms with van der Waals surface area (Å²) in [6, 6.07) is 7.72. The molecule has 0 unspecified atom stereocenters. The molecule has 0 atom stereocenters. The maximum absolute atomic E-state index is 12.6. The fourth-order valence-electron chi connectivity index (χ4n) is 2.81. The molecule has 0 amide bonds. The van der Waals surface area contributed by atoms with Gasteiger partial charge in [-0.25, -0.2) is 9.59 Å². The number of hydrogen-bond donors (Lipinski definition) is 0. The van der Waals surface area contributed by atoms with Crippen molar-refractivity contribution in [3.63, 3.8) is 0 Å². The quantitative estimate of drug-likeness (QED) is 0.463. The van der Waals surface area contributed by atoms with Crippen LogP contribution in [0.2, 0.25) is 0 Å². The highest BCUT2D eigenvalue weighted by Gasteiger charge is 2.17. The lowest BCUT2D eigenvalue weighted by atomic mass is 10.1. The number of benzene rings is 1. The Balaban J connectivity index is 1.92. The molecule has 0 spiro atoms. The van der Waals surface area contributed by atoms with Gasteiger partial charge in [0, 0.05) is 24.3 Å². The molecular formula is C21H19NO7. The van der Waals surface area contributed by atoms with Gasteiger partial charge in [-0.05, 0) is 32.0 Å². The van der Waals surface area contributed by atoms with Crippen molar-refractivity contribution < 1.29 is 23.1 Å². The third-order valence-corrected chi connectivity index (χ3v) is 4.20. The standard InChI is InChI=1S/C21H19NO7/c1-11(22-16-6-5-13(26-3)9-19(16)27-4)7-17(23)14-10-15-18(29-20(14)24)8-12(2)28-21(15)25/h5-6,8-10H,7H2,1-4H3. The first-order valence-corrected chi connectivity index (χ1v) is 8.70. The van der Waals surface area contributed by atoms with Crippen LogP contribution in [0.5, 0.6) is 11.5 Å². The number of methoxy groups -OCH3 is 2. The molecule has 0 saturated carbocycles. The normalized spacial score (nSPS) is 11.5. The smallest absolute Gasteiger partial charge is 0.347 e. The van der Waals surface area contributed by atoms with Crippen molar-refractivity contribution in [2.24, 2.45) is 4.99 Å². The van der Waals surface area contributed by atoms with Crippen molar-refractivity contribution in [2.45, 2.75) is 20.3 Å². The predicted octanol–water partition coefficient (Wildman–Crippen LogP) is 3.44. The number of carbonyl (C=O) groups is 1. The Bertz CT molecular complexity index is 1230. The van der Waals surface area contributed by atoms with Crippen LogP contribution in [0.3, 0.4) is 0 Å². The van der Waals surface area contributed by atoms with Crippen molar-refractivity contribution in [1.29, 1.82) is 0 Å². The summed E-state index contributed by atoms with van der Waals surface area (Å²) < 4.78 is 20.5. The largest absolute Gasteiger partial charge is 0.497 e. The summed E-state index contributed by atoms with van der Waals surface area (Å²) in [6.45, 7) is 3.22. The van der Waals surface area contributed by atoms with Crippen LogP contribution in [-0.4, -0.2) is 25.7 Å². The van der Waals surface area contributed by atoms with Crippen LogP contribution in [-0.2, 0) is 0 Å². The van der Waals surface area contributed by atoms with Crippen molar-refractivity contribution in [3.05, 3.63) is 62.5 Å². The zero-order chi connectivity index (χ0) is 21.1. The van der Waals surface area contributed by atoms with Gasteiger partial charge in [0.1, 0.15) is 39.5 Å². The number of ketones is 1. The Morgan fingerprint density at radius 3 is 2.48 bits per heavy atom. The number of aryl methyl sites for hydroxylation is 1. The molecule has 150 valence electrons. The van der Waals surface area contributed by atoms with Crippen molar-refractivity contribution in [3.8, 4) is 11.5 Å². The van der Waals surface area contributed by atoms with E-state index in [1.54, 1.807) is 39.2 Å². The summed E-state index contributed by atoms with van der Waals surface area (Å²) in [4.78, 5) is 41.2. The second kappa shape index (κ2) is 8.14. The van der Waals surface area contributed by atoms with Gasteiger partial charge in [0.05, 0.1) is 14.2 Å². The number of nitrogens with zero attached hydrogens (tertiary/aromatic N) is 1. The minimum Gasteiger partial charge on any atom is -0.497 e. The highest BCUT2D eigenvalue weighted by Crippen LogP contribution is 2.31. The van der Waals surface area contributed by atoms with E-state index in [-0.39, 0.29) is 23.0 Å². The molecular weight excluding hydrogens is 378 g/mol. The first-order chi connectivity index (χ1) is 13.8. The lowest BCUT2D eigenvalue weighted by molar-refractivity contribution is 0.0997. The first-order valence-electron chi connectivity index (χ1n) is 8.70. The number of carbonyl (C=O) groups excluding carboxylic acids is 1. The average Bonchev–Trinajstić information content (AvgIpc) is 2.67. The van der Waals surface area contributed by atoms with Crippen LogP contribution in [0.4, 0.5) is 5.69 Å². The van der Waals surface area contributed by atoms with E-state index >= 15 is 0 Å². The number of fused-ring (bicyclic) bond motifs is 1. The lowest BCUT2D eigenvalue weighted by Crippen LogP contribution is -2.17. The summed E-state index contributed by atoms with van der Waals surface area (Å²) >= 11 is 0. The van der Waals surface area contributed by atoms with Gasteiger partial charge in [0.25, 0.3) is 0 Å². The monoisotopic (exact) mass is 397 g/mol. The molecule has 0 aliphatic carbocycles. The van der Waals surface area contributed by atoms with Crippen LogP contribution in [0.15, 0.2) is 53.7 Å². The van der Waals surface area contributed by atoms with Gasteiger partial charge in [-0.2, -0.15) is 0 Å². The van der Waals surface area contributed by atoms with Crippen LogP contribution < -0.4 is 20.7 Å². The average molecular weight is 397 g/mol. The first kappa shape index (κ1) is 20.1. The second-order valence-electron chi connectivity index (χ2n) is 6.35. The zero-order valence-electron chi connectivity index (χ0n) is 16.4. The summed E-state index contributed by atoms with van der Waals surface area (Å²) in [6.07, 6.45) is -0.136. The van der Waals surface area contributed by atoms with E-state index in [1.165, 1.54) is 19.2 Å². The minimum absolute atomic E-state index is 0.0324. The van der Waals surface area contributed by atoms with Crippen LogP contribution in [0.25, 0.3) is 11.0 Å². The molecule has 8 heteroatoms. The van der Waals surface area contributed by atoms with Gasteiger partial charge in [-0.15, -0.1) is 0 Å². The molecule has 3 aromatic rings. The minimum atomic E-state index is -0.817. The van der Waals surface area contributed by atoms with Gasteiger partial charge >= 0.3 is 11.3 Å². The van der Waals surface area contributed by atoms with E-state index in [9.17, 15) is 14.4 Å². The molecule has 0 N–H and O–H groups in total. The van der Waals surface area contributed by atoms with Gasteiger partial charge in [-0.3, -0.25) is 9.79 Å². The third-order valence-electron chi connectivity index (χ3n) is 4.20. The molecule has 2 heterocycles. The van der Waals surface area contributed by atoms with E-state index in [2.05, 4.69) is 4.99 Å². The number of hydrogen-bond acceptors (Lipinski definition) is 8. The fourth-order valence-corrected chi connectivity index (χ4v) is 2.81. The van der Waals surface area contributed by atoms with Crippen molar-refractivity contribution in [2.75, 3.05) is 14.2 Å². The Labute approximate surface area is 165 Å². The van der Waals surface area contributed by atoms with E-state index < -0.39 is 17.0 Å². The Morgan fingerprint density at radius 2 is 1.79 bits per heavy atom. The summed E-state index contributed by atoms with van der Waals surface area (Å²) in [7, 11) is 3.04. The van der Waals surface area contributed by atoms with E-state index in [4.69, 9.17) is 18.3 Å². The number of Topliss-reactive ketones (excluding diaryl/α,β-unsaturated/α-hetero) is 1. The lowest BCUT2D eigenvalue weighted by Gasteiger charge is -2.08. The third kappa shape index (κ3) is 4.26. The maximum atomic E-state index is 12.6. The molecule has 0 fully saturated rings. The van der Waals surface area contributed by atoms with Crippen LogP contribution >= 0.6 is 0 Å².